The number of aryl methyl sites for hydroxylation is 1. The summed E-state index contributed by atoms with van der Waals surface area (Å²) in [6, 6.07) is 11.9. The first-order valence-corrected chi connectivity index (χ1v) is 6.72. The van der Waals surface area contributed by atoms with Gasteiger partial charge in [0, 0.05) is 0 Å². The number of halogens is 1. The van der Waals surface area contributed by atoms with E-state index >= 15 is 0 Å². The van der Waals surface area contributed by atoms with Crippen LogP contribution in [0, 0.1) is 6.92 Å². The third-order valence-electron chi connectivity index (χ3n) is 2.98. The van der Waals surface area contributed by atoms with E-state index < -0.39 is 5.97 Å². The summed E-state index contributed by atoms with van der Waals surface area (Å²) in [4.78, 5) is 22.8. The Kier molecular flexibility index (Phi) is 4.60. The lowest BCUT2D eigenvalue weighted by molar-refractivity contribution is -0.115. The number of amides is 1. The van der Waals surface area contributed by atoms with Gasteiger partial charge in [0.1, 0.15) is 0 Å². The first-order valence-electron chi connectivity index (χ1n) is 6.34. The quantitative estimate of drug-likeness (QED) is 0.908. The lowest BCUT2D eigenvalue weighted by Crippen LogP contribution is -2.14. The van der Waals surface area contributed by atoms with E-state index in [9.17, 15) is 9.59 Å². The molecule has 2 rings (SSSR count). The minimum Gasteiger partial charge on any atom is -0.478 e. The highest BCUT2D eigenvalue weighted by atomic mass is 35.5. The smallest absolute Gasteiger partial charge is 0.335 e. The lowest BCUT2D eigenvalue weighted by atomic mass is 10.1. The van der Waals surface area contributed by atoms with Gasteiger partial charge in [-0.1, -0.05) is 41.4 Å². The van der Waals surface area contributed by atoms with Gasteiger partial charge in [0.15, 0.2) is 0 Å². The fraction of sp³-hybridized carbons (Fsp3) is 0.125. The maximum Gasteiger partial charge on any atom is 0.335 e. The molecule has 0 aliphatic carbocycles. The summed E-state index contributed by atoms with van der Waals surface area (Å²) in [6.45, 7) is 1.98. The molecule has 108 valence electrons. The standard InChI is InChI=1S/C16H14ClNO3/c1-10-2-4-11(5-3-10)8-15(19)18-14-7-6-12(16(20)21)9-13(14)17/h2-7,9H,8H2,1H3,(H,18,19)(H,20,21). The van der Waals surface area contributed by atoms with Gasteiger partial charge in [-0.2, -0.15) is 0 Å². The summed E-state index contributed by atoms with van der Waals surface area (Å²) in [6.07, 6.45) is 0.233. The molecule has 2 N–H and O–H groups in total. The first kappa shape index (κ1) is 15.1. The third-order valence-corrected chi connectivity index (χ3v) is 3.29. The fourth-order valence-corrected chi connectivity index (χ4v) is 2.06. The average Bonchev–Trinajstić information content (AvgIpc) is 2.43. The Labute approximate surface area is 127 Å². The Morgan fingerprint density at radius 2 is 1.81 bits per heavy atom. The number of hydrogen-bond donors (Lipinski definition) is 2. The minimum absolute atomic E-state index is 0.0801. The highest BCUT2D eigenvalue weighted by molar-refractivity contribution is 6.34. The second-order valence-corrected chi connectivity index (χ2v) is 5.12. The molecular weight excluding hydrogens is 290 g/mol. The van der Waals surface area contributed by atoms with Crippen LogP contribution in [0.4, 0.5) is 5.69 Å². The SMILES string of the molecule is Cc1ccc(CC(=O)Nc2ccc(C(=O)O)cc2Cl)cc1. The van der Waals surface area contributed by atoms with Gasteiger partial charge in [-0.05, 0) is 30.7 Å². The molecular formula is C16H14ClNO3. The van der Waals surface area contributed by atoms with Gasteiger partial charge in [0.25, 0.3) is 0 Å². The van der Waals surface area contributed by atoms with Crippen LogP contribution in [0.25, 0.3) is 0 Å². The van der Waals surface area contributed by atoms with Gasteiger partial charge in [0.2, 0.25) is 5.91 Å². The van der Waals surface area contributed by atoms with E-state index in [4.69, 9.17) is 16.7 Å². The summed E-state index contributed by atoms with van der Waals surface area (Å²) in [5.41, 5.74) is 2.51. The predicted molar refractivity (Wildman–Crippen MR) is 81.9 cm³/mol. The second kappa shape index (κ2) is 6.41. The van der Waals surface area contributed by atoms with E-state index in [0.717, 1.165) is 11.1 Å². The highest BCUT2D eigenvalue weighted by Crippen LogP contribution is 2.23. The predicted octanol–water partition coefficient (Wildman–Crippen LogP) is 3.53. The number of carbonyl (C=O) groups excluding carboxylic acids is 1. The number of aromatic carboxylic acids is 1. The van der Waals surface area contributed by atoms with Crippen molar-refractivity contribution < 1.29 is 14.7 Å². The summed E-state index contributed by atoms with van der Waals surface area (Å²) in [7, 11) is 0. The van der Waals surface area contributed by atoms with Crippen LogP contribution in [-0.2, 0) is 11.2 Å². The molecule has 0 aliphatic rings. The molecule has 5 heteroatoms. The molecule has 2 aromatic carbocycles. The van der Waals surface area contributed by atoms with Gasteiger partial charge in [0.05, 0.1) is 22.7 Å². The third kappa shape index (κ3) is 4.07. The molecule has 0 aliphatic heterocycles. The summed E-state index contributed by atoms with van der Waals surface area (Å²) < 4.78 is 0. The average molecular weight is 304 g/mol. The van der Waals surface area contributed by atoms with Crippen molar-refractivity contribution in [2.75, 3.05) is 5.32 Å². The van der Waals surface area contributed by atoms with E-state index in [1.165, 1.54) is 18.2 Å². The van der Waals surface area contributed by atoms with Crippen LogP contribution < -0.4 is 5.32 Å². The number of rotatable bonds is 4. The molecule has 21 heavy (non-hydrogen) atoms. The van der Waals surface area contributed by atoms with Crippen molar-refractivity contribution >= 4 is 29.2 Å². The van der Waals surface area contributed by atoms with Gasteiger partial charge < -0.3 is 10.4 Å². The van der Waals surface area contributed by atoms with Crippen LogP contribution in [0.2, 0.25) is 5.02 Å². The largest absolute Gasteiger partial charge is 0.478 e. The fourth-order valence-electron chi connectivity index (χ4n) is 1.84. The molecule has 0 radical (unpaired) electrons. The number of anilines is 1. The number of nitrogens with one attached hydrogen (secondary N) is 1. The molecule has 0 unspecified atom stereocenters. The van der Waals surface area contributed by atoms with E-state index in [-0.39, 0.29) is 22.9 Å². The number of carboxylic acid groups (broad SMARTS) is 1. The Bertz CT molecular complexity index is 680. The molecule has 2 aromatic rings. The topological polar surface area (TPSA) is 66.4 Å². The molecule has 0 bridgehead atoms. The zero-order chi connectivity index (χ0) is 15.4. The summed E-state index contributed by atoms with van der Waals surface area (Å²) in [5.74, 6) is -1.27. The molecule has 1 amide bonds. The molecule has 0 heterocycles. The van der Waals surface area contributed by atoms with Crippen molar-refractivity contribution in [2.24, 2.45) is 0 Å². The van der Waals surface area contributed by atoms with E-state index in [1.807, 2.05) is 31.2 Å². The number of hydrogen-bond acceptors (Lipinski definition) is 2. The van der Waals surface area contributed by atoms with Crippen molar-refractivity contribution in [3.05, 3.63) is 64.2 Å². The van der Waals surface area contributed by atoms with Gasteiger partial charge in [-0.25, -0.2) is 4.79 Å². The molecule has 0 fully saturated rings. The van der Waals surface area contributed by atoms with E-state index in [0.29, 0.717) is 5.69 Å². The van der Waals surface area contributed by atoms with E-state index in [1.54, 1.807) is 0 Å². The second-order valence-electron chi connectivity index (χ2n) is 4.71. The van der Waals surface area contributed by atoms with Crippen LogP contribution >= 0.6 is 11.6 Å². The van der Waals surface area contributed by atoms with Crippen LogP contribution in [0.15, 0.2) is 42.5 Å². The Hall–Kier alpha value is -2.33. The first-order chi connectivity index (χ1) is 9.95. The number of carboxylic acids is 1. The molecule has 0 spiro atoms. The highest BCUT2D eigenvalue weighted by Gasteiger charge is 2.10. The molecule has 0 saturated heterocycles. The summed E-state index contributed by atoms with van der Waals surface area (Å²) >= 11 is 5.96. The van der Waals surface area contributed by atoms with E-state index in [2.05, 4.69) is 5.32 Å². The van der Waals surface area contributed by atoms with Crippen LogP contribution in [0.3, 0.4) is 0 Å². The van der Waals surface area contributed by atoms with Crippen molar-refractivity contribution in [3.63, 3.8) is 0 Å². The van der Waals surface area contributed by atoms with Crippen LogP contribution in [0.1, 0.15) is 21.5 Å². The number of benzene rings is 2. The monoisotopic (exact) mass is 303 g/mol. The lowest BCUT2D eigenvalue weighted by Gasteiger charge is -2.08. The Balaban J connectivity index is 2.06. The zero-order valence-corrected chi connectivity index (χ0v) is 12.1. The Morgan fingerprint density at radius 1 is 1.14 bits per heavy atom. The van der Waals surface area contributed by atoms with Crippen LogP contribution in [-0.4, -0.2) is 17.0 Å². The number of carbonyl (C=O) groups is 2. The zero-order valence-electron chi connectivity index (χ0n) is 11.4. The maximum atomic E-state index is 12.0. The van der Waals surface area contributed by atoms with Crippen molar-refractivity contribution in [3.8, 4) is 0 Å². The molecule has 4 nitrogen and oxygen atoms in total. The minimum atomic E-state index is -1.06. The van der Waals surface area contributed by atoms with Crippen molar-refractivity contribution in [2.45, 2.75) is 13.3 Å². The Morgan fingerprint density at radius 3 is 2.38 bits per heavy atom. The van der Waals surface area contributed by atoms with Crippen molar-refractivity contribution in [1.82, 2.24) is 0 Å². The summed E-state index contributed by atoms with van der Waals surface area (Å²) in [5, 5.41) is 11.7. The van der Waals surface area contributed by atoms with Gasteiger partial charge >= 0.3 is 5.97 Å². The normalized spacial score (nSPS) is 10.2. The molecule has 0 atom stereocenters. The van der Waals surface area contributed by atoms with Crippen LogP contribution in [0.5, 0.6) is 0 Å². The molecule has 0 saturated carbocycles. The molecule has 0 aromatic heterocycles. The van der Waals surface area contributed by atoms with Crippen molar-refractivity contribution in [1.29, 1.82) is 0 Å². The van der Waals surface area contributed by atoms with Gasteiger partial charge in [-0.3, -0.25) is 4.79 Å². The maximum absolute atomic E-state index is 12.0. The van der Waals surface area contributed by atoms with Gasteiger partial charge in [-0.15, -0.1) is 0 Å².